The minimum absolute atomic E-state index is 0.143. The number of hydrogen-bond acceptors (Lipinski definition) is 3. The molecule has 1 aromatic carbocycles. The number of pyridine rings is 1. The Hall–Kier alpha value is -1.94. The van der Waals surface area contributed by atoms with Crippen LogP contribution < -0.4 is 10.1 Å². The number of halogens is 1. The predicted octanol–water partition coefficient (Wildman–Crippen LogP) is 3.47. The van der Waals surface area contributed by atoms with E-state index in [1.54, 1.807) is 24.4 Å². The third-order valence-electron chi connectivity index (χ3n) is 3.10. The molecule has 0 aliphatic rings. The second-order valence-electron chi connectivity index (χ2n) is 4.56. The molecule has 1 atom stereocenters. The molecule has 0 spiro atoms. The number of benzene rings is 1. The molecule has 0 radical (unpaired) electrons. The van der Waals surface area contributed by atoms with Crippen LogP contribution in [0.5, 0.6) is 5.88 Å². The number of hydrogen-bond donors (Lipinski definition) is 1. The van der Waals surface area contributed by atoms with Crippen molar-refractivity contribution >= 4 is 0 Å². The van der Waals surface area contributed by atoms with Crippen LogP contribution in [0.3, 0.4) is 0 Å². The molecule has 2 rings (SSSR count). The summed E-state index contributed by atoms with van der Waals surface area (Å²) in [6.45, 7) is 5.14. The van der Waals surface area contributed by atoms with Gasteiger partial charge in [-0.1, -0.05) is 31.2 Å². The van der Waals surface area contributed by atoms with Crippen molar-refractivity contribution in [2.75, 3.05) is 6.54 Å². The van der Waals surface area contributed by atoms with Crippen molar-refractivity contribution in [1.29, 1.82) is 0 Å². The van der Waals surface area contributed by atoms with E-state index in [1.807, 2.05) is 19.1 Å². The van der Waals surface area contributed by atoms with Gasteiger partial charge in [0.15, 0.2) is 0 Å². The number of rotatable bonds is 6. The quantitative estimate of drug-likeness (QED) is 0.875. The molecule has 0 saturated carbocycles. The molecule has 20 heavy (non-hydrogen) atoms. The zero-order valence-corrected chi connectivity index (χ0v) is 11.8. The third-order valence-corrected chi connectivity index (χ3v) is 3.10. The summed E-state index contributed by atoms with van der Waals surface area (Å²) in [6.07, 6.45) is 1.68. The van der Waals surface area contributed by atoms with Crippen LogP contribution in [-0.4, -0.2) is 11.5 Å². The second-order valence-corrected chi connectivity index (χ2v) is 4.56. The molecule has 2 aromatic rings. The highest BCUT2D eigenvalue weighted by atomic mass is 19.1. The van der Waals surface area contributed by atoms with Crippen LogP contribution in [0.4, 0.5) is 4.39 Å². The van der Waals surface area contributed by atoms with E-state index in [0.29, 0.717) is 11.4 Å². The van der Waals surface area contributed by atoms with Gasteiger partial charge < -0.3 is 10.1 Å². The van der Waals surface area contributed by atoms with E-state index in [2.05, 4.69) is 17.2 Å². The maximum Gasteiger partial charge on any atom is 0.218 e. The Balaban J connectivity index is 2.12. The molecule has 1 heterocycles. The van der Waals surface area contributed by atoms with E-state index in [0.717, 1.165) is 12.1 Å². The Morgan fingerprint density at radius 1 is 1.25 bits per heavy atom. The van der Waals surface area contributed by atoms with Gasteiger partial charge in [0.2, 0.25) is 5.88 Å². The first-order chi connectivity index (χ1) is 9.72. The first-order valence-electron chi connectivity index (χ1n) is 6.77. The predicted molar refractivity (Wildman–Crippen MR) is 77.1 cm³/mol. The van der Waals surface area contributed by atoms with Gasteiger partial charge in [0.25, 0.3) is 0 Å². The molecule has 1 N–H and O–H groups in total. The first-order valence-corrected chi connectivity index (χ1v) is 6.77. The molecular weight excluding hydrogens is 255 g/mol. The minimum Gasteiger partial charge on any atom is -0.472 e. The highest BCUT2D eigenvalue weighted by molar-refractivity contribution is 5.29. The van der Waals surface area contributed by atoms with Crippen LogP contribution in [0.15, 0.2) is 42.6 Å². The highest BCUT2D eigenvalue weighted by Gasteiger charge is 2.12. The monoisotopic (exact) mass is 274 g/mol. The molecule has 0 fully saturated rings. The standard InChI is InChI=1S/C16H19FN2O/c1-3-18-12(2)14-8-6-10-19-16(14)20-11-13-7-4-5-9-15(13)17/h4-10,12,18H,3,11H2,1-2H3. The summed E-state index contributed by atoms with van der Waals surface area (Å²) in [5, 5.41) is 3.32. The summed E-state index contributed by atoms with van der Waals surface area (Å²) in [4.78, 5) is 4.24. The lowest BCUT2D eigenvalue weighted by atomic mass is 10.1. The number of nitrogens with zero attached hydrogens (tertiary/aromatic N) is 1. The van der Waals surface area contributed by atoms with Gasteiger partial charge in [-0.25, -0.2) is 9.37 Å². The molecule has 1 aromatic heterocycles. The molecule has 0 amide bonds. The summed E-state index contributed by atoms with van der Waals surface area (Å²) in [5.41, 5.74) is 1.51. The summed E-state index contributed by atoms with van der Waals surface area (Å²) < 4.78 is 19.2. The van der Waals surface area contributed by atoms with Gasteiger partial charge >= 0.3 is 0 Å². The third kappa shape index (κ3) is 3.54. The highest BCUT2D eigenvalue weighted by Crippen LogP contribution is 2.23. The molecule has 0 aliphatic carbocycles. The minimum atomic E-state index is -0.260. The number of nitrogens with one attached hydrogen (secondary N) is 1. The van der Waals surface area contributed by atoms with E-state index in [4.69, 9.17) is 4.74 Å². The summed E-state index contributed by atoms with van der Waals surface area (Å²) >= 11 is 0. The number of aromatic nitrogens is 1. The molecule has 1 unspecified atom stereocenters. The van der Waals surface area contributed by atoms with E-state index in [-0.39, 0.29) is 18.5 Å². The zero-order chi connectivity index (χ0) is 14.4. The van der Waals surface area contributed by atoms with Gasteiger partial charge in [-0.05, 0) is 25.6 Å². The fourth-order valence-electron chi connectivity index (χ4n) is 2.03. The van der Waals surface area contributed by atoms with Gasteiger partial charge in [0.05, 0.1) is 0 Å². The fourth-order valence-corrected chi connectivity index (χ4v) is 2.03. The molecular formula is C16H19FN2O. The van der Waals surface area contributed by atoms with E-state index in [1.165, 1.54) is 6.07 Å². The average molecular weight is 274 g/mol. The van der Waals surface area contributed by atoms with Crippen molar-refractivity contribution in [3.63, 3.8) is 0 Å². The van der Waals surface area contributed by atoms with Gasteiger partial charge in [0.1, 0.15) is 12.4 Å². The Kier molecular flexibility index (Phi) is 5.07. The lowest BCUT2D eigenvalue weighted by Gasteiger charge is -2.16. The molecule has 4 heteroatoms. The smallest absolute Gasteiger partial charge is 0.218 e. The summed E-state index contributed by atoms with van der Waals surface area (Å²) in [7, 11) is 0. The van der Waals surface area contributed by atoms with Crippen molar-refractivity contribution in [2.45, 2.75) is 26.5 Å². The molecule has 0 bridgehead atoms. The van der Waals surface area contributed by atoms with Gasteiger partial charge in [-0.3, -0.25) is 0 Å². The lowest BCUT2D eigenvalue weighted by Crippen LogP contribution is -2.19. The van der Waals surface area contributed by atoms with E-state index < -0.39 is 0 Å². The molecule has 0 aliphatic heterocycles. The van der Waals surface area contributed by atoms with E-state index >= 15 is 0 Å². The fraction of sp³-hybridized carbons (Fsp3) is 0.312. The summed E-state index contributed by atoms with van der Waals surface area (Å²) in [5.74, 6) is 0.286. The van der Waals surface area contributed by atoms with Crippen LogP contribution >= 0.6 is 0 Å². The Labute approximate surface area is 118 Å². The van der Waals surface area contributed by atoms with Crippen LogP contribution in [0.2, 0.25) is 0 Å². The van der Waals surface area contributed by atoms with E-state index in [9.17, 15) is 4.39 Å². The van der Waals surface area contributed by atoms with Crippen molar-refractivity contribution in [3.8, 4) is 5.88 Å². The normalized spacial score (nSPS) is 12.2. The van der Waals surface area contributed by atoms with Crippen LogP contribution in [0, 0.1) is 5.82 Å². The average Bonchev–Trinajstić information content (AvgIpc) is 2.47. The Morgan fingerprint density at radius 2 is 2.05 bits per heavy atom. The van der Waals surface area contributed by atoms with Crippen molar-refractivity contribution < 1.29 is 9.13 Å². The SMILES string of the molecule is CCNC(C)c1cccnc1OCc1ccccc1F. The van der Waals surface area contributed by atoms with Crippen LogP contribution in [0.1, 0.15) is 31.0 Å². The summed E-state index contributed by atoms with van der Waals surface area (Å²) in [6, 6.07) is 10.6. The van der Waals surface area contributed by atoms with Crippen LogP contribution in [-0.2, 0) is 6.61 Å². The zero-order valence-electron chi connectivity index (χ0n) is 11.8. The van der Waals surface area contributed by atoms with Gasteiger partial charge in [-0.15, -0.1) is 0 Å². The molecule has 106 valence electrons. The maximum absolute atomic E-state index is 13.6. The topological polar surface area (TPSA) is 34.2 Å². The second kappa shape index (κ2) is 7.01. The Morgan fingerprint density at radius 3 is 2.80 bits per heavy atom. The molecule has 3 nitrogen and oxygen atoms in total. The number of ether oxygens (including phenoxy) is 1. The first kappa shape index (κ1) is 14.5. The van der Waals surface area contributed by atoms with Gasteiger partial charge in [0, 0.05) is 23.4 Å². The van der Waals surface area contributed by atoms with Crippen LogP contribution in [0.25, 0.3) is 0 Å². The largest absolute Gasteiger partial charge is 0.472 e. The van der Waals surface area contributed by atoms with Gasteiger partial charge in [-0.2, -0.15) is 0 Å². The van der Waals surface area contributed by atoms with Crippen molar-refractivity contribution in [2.24, 2.45) is 0 Å². The Bertz CT molecular complexity index is 560. The van der Waals surface area contributed by atoms with Crippen molar-refractivity contribution in [1.82, 2.24) is 10.3 Å². The van der Waals surface area contributed by atoms with Crippen molar-refractivity contribution in [3.05, 3.63) is 59.5 Å². The molecule has 0 saturated heterocycles. The lowest BCUT2D eigenvalue weighted by molar-refractivity contribution is 0.282. The maximum atomic E-state index is 13.6.